The summed E-state index contributed by atoms with van der Waals surface area (Å²) in [5, 5.41) is 4.55. The molecule has 1 saturated heterocycles. The lowest BCUT2D eigenvalue weighted by Crippen LogP contribution is -2.68. The second-order valence-electron chi connectivity index (χ2n) is 17.2. The minimum Gasteiger partial charge on any atom is -0.408 e. The van der Waals surface area contributed by atoms with Crippen LogP contribution in [-0.4, -0.2) is 80.6 Å². The van der Waals surface area contributed by atoms with Crippen molar-refractivity contribution in [3.63, 3.8) is 0 Å². The average molecular weight is 749 g/mol. The molecule has 13 heteroatoms. The van der Waals surface area contributed by atoms with Gasteiger partial charge in [-0.3, -0.25) is 14.7 Å². The maximum atomic E-state index is 17.5. The summed E-state index contributed by atoms with van der Waals surface area (Å²) < 4.78 is 40.4. The molecule has 0 aliphatic carbocycles. The molecule has 1 aliphatic rings. The Morgan fingerprint density at radius 3 is 2.02 bits per heavy atom. The number of carbonyl (C=O) groups excluding carboxylic acids is 1. The monoisotopic (exact) mass is 748 g/mol. The summed E-state index contributed by atoms with van der Waals surface area (Å²) in [5.41, 5.74) is -0.411. The third-order valence-electron chi connectivity index (χ3n) is 10.6. The molecule has 0 bridgehead atoms. The van der Waals surface area contributed by atoms with Crippen LogP contribution < -0.4 is 20.6 Å². The second-order valence-corrected chi connectivity index (χ2v) is 26.3. The predicted molar refractivity (Wildman–Crippen MR) is 212 cm³/mol. The Morgan fingerprint density at radius 2 is 1.54 bits per heavy atom. The van der Waals surface area contributed by atoms with Gasteiger partial charge in [-0.1, -0.05) is 116 Å². The third kappa shape index (κ3) is 7.34. The number of halogens is 1. The van der Waals surface area contributed by atoms with Gasteiger partial charge in [0.25, 0.3) is 8.32 Å². The molecule has 1 N–H and O–H groups in total. The number of aromatic nitrogens is 4. The summed E-state index contributed by atoms with van der Waals surface area (Å²) in [6.45, 7) is 22.9. The van der Waals surface area contributed by atoms with Gasteiger partial charge in [0.05, 0.1) is 12.9 Å². The van der Waals surface area contributed by atoms with Gasteiger partial charge < -0.3 is 18.5 Å². The van der Waals surface area contributed by atoms with Crippen LogP contribution in [0.15, 0.2) is 67.0 Å². The van der Waals surface area contributed by atoms with Crippen LogP contribution in [0.2, 0.25) is 23.2 Å². The van der Waals surface area contributed by atoms with Crippen LogP contribution in [-0.2, 0) is 18.4 Å². The van der Waals surface area contributed by atoms with Crippen molar-refractivity contribution in [2.75, 3.05) is 30.9 Å². The van der Waals surface area contributed by atoms with Crippen LogP contribution in [0.25, 0.3) is 11.2 Å². The highest BCUT2D eigenvalue weighted by Gasteiger charge is 2.60. The highest BCUT2D eigenvalue weighted by atomic mass is 28.4. The van der Waals surface area contributed by atoms with E-state index in [0.29, 0.717) is 17.0 Å². The van der Waals surface area contributed by atoms with Crippen molar-refractivity contribution in [1.82, 2.24) is 19.5 Å². The molecule has 52 heavy (non-hydrogen) atoms. The van der Waals surface area contributed by atoms with Gasteiger partial charge in [-0.2, -0.15) is 9.97 Å². The van der Waals surface area contributed by atoms with Gasteiger partial charge in [0.1, 0.15) is 11.7 Å². The first-order valence-electron chi connectivity index (χ1n) is 18.1. The van der Waals surface area contributed by atoms with E-state index >= 15 is 4.39 Å². The van der Waals surface area contributed by atoms with Crippen molar-refractivity contribution in [2.45, 2.75) is 110 Å². The number of amides is 1. The molecule has 0 spiro atoms. The SMILES string of the molecule is CC(C)C(=O)Nc1nc(N(C)C)c2ncn([C@@H]3O[C@](C)(CO[Si](c4ccccc4)(c4ccccc4)C(C)(C)C)[C@@H](O[Si](C)(C)C(C)(C)C)[C@H]3F)c2n1. The smallest absolute Gasteiger partial charge is 0.261 e. The normalized spacial score (nSPS) is 21.6. The Labute approximate surface area is 310 Å². The van der Waals surface area contributed by atoms with Crippen LogP contribution in [0.1, 0.15) is 68.5 Å². The van der Waals surface area contributed by atoms with Gasteiger partial charge in [-0.05, 0) is 40.5 Å². The van der Waals surface area contributed by atoms with E-state index in [0.717, 1.165) is 10.4 Å². The largest absolute Gasteiger partial charge is 0.408 e. The lowest BCUT2D eigenvalue weighted by molar-refractivity contribution is -0.118. The fourth-order valence-electron chi connectivity index (χ4n) is 6.63. The van der Waals surface area contributed by atoms with Crippen molar-refractivity contribution >= 4 is 55.8 Å². The number of benzene rings is 2. The summed E-state index contributed by atoms with van der Waals surface area (Å²) in [6.07, 6.45) is -2.18. The van der Waals surface area contributed by atoms with Crippen molar-refractivity contribution in [1.29, 1.82) is 0 Å². The molecule has 2 aromatic carbocycles. The first-order valence-corrected chi connectivity index (χ1v) is 22.9. The number of anilines is 2. The highest BCUT2D eigenvalue weighted by molar-refractivity contribution is 6.99. The van der Waals surface area contributed by atoms with E-state index in [1.165, 1.54) is 6.33 Å². The average Bonchev–Trinajstić information content (AvgIpc) is 3.58. The molecule has 282 valence electrons. The van der Waals surface area contributed by atoms with E-state index in [-0.39, 0.29) is 34.5 Å². The Hall–Kier alpha value is -3.50. The van der Waals surface area contributed by atoms with Gasteiger partial charge in [0, 0.05) is 20.0 Å². The Kier molecular flexibility index (Phi) is 11.0. The lowest BCUT2D eigenvalue weighted by atomic mass is 9.99. The standard InChI is InChI=1S/C39H57FN6O4Si2/c1-26(2)34(47)44-36-42-32(45(10)11)30-33(43-36)46(25-41-30)35-29(40)31(50-51(12,13)37(3,4)5)39(9,49-35)24-48-52(38(6,7)8,27-20-16-14-17-21-27)28-22-18-15-19-23-28/h14-23,25-26,29,31,35H,24H2,1-13H3,(H,42,43,44,47)/t29-,31+,35-,39-/m1/s1. The number of nitrogens with zero attached hydrogens (tertiary/aromatic N) is 5. The van der Waals surface area contributed by atoms with Gasteiger partial charge in [0.15, 0.2) is 37.7 Å². The van der Waals surface area contributed by atoms with Crippen LogP contribution >= 0.6 is 0 Å². The van der Waals surface area contributed by atoms with Crippen LogP contribution in [0.5, 0.6) is 0 Å². The first kappa shape index (κ1) is 39.7. The molecular weight excluding hydrogens is 692 g/mol. The molecule has 4 aromatic rings. The third-order valence-corrected chi connectivity index (χ3v) is 20.1. The minimum atomic E-state index is -3.03. The zero-order valence-electron chi connectivity index (χ0n) is 33.1. The molecule has 0 saturated carbocycles. The molecule has 10 nitrogen and oxygen atoms in total. The summed E-state index contributed by atoms with van der Waals surface area (Å²) in [7, 11) is -1.90. The summed E-state index contributed by atoms with van der Waals surface area (Å²) >= 11 is 0. The Balaban J connectivity index is 1.64. The highest BCUT2D eigenvalue weighted by Crippen LogP contribution is 2.48. The zero-order valence-corrected chi connectivity index (χ0v) is 35.1. The topological polar surface area (TPSA) is 104 Å². The molecule has 4 atom stereocenters. The van der Waals surface area contributed by atoms with Crippen LogP contribution in [0.3, 0.4) is 0 Å². The van der Waals surface area contributed by atoms with Crippen molar-refractivity contribution in [3.05, 3.63) is 67.0 Å². The number of fused-ring (bicyclic) bond motifs is 1. The molecular formula is C39H57FN6O4Si2. The number of carbonyl (C=O) groups is 1. The quantitative estimate of drug-likeness (QED) is 0.163. The molecule has 1 amide bonds. The van der Waals surface area contributed by atoms with E-state index in [1.807, 2.05) is 57.4 Å². The Morgan fingerprint density at radius 1 is 0.981 bits per heavy atom. The number of hydrogen-bond acceptors (Lipinski definition) is 8. The summed E-state index contributed by atoms with van der Waals surface area (Å²) in [4.78, 5) is 28.4. The number of rotatable bonds is 11. The van der Waals surface area contributed by atoms with Crippen LogP contribution in [0.4, 0.5) is 16.2 Å². The Bertz CT molecular complexity index is 1820. The van der Waals surface area contributed by atoms with Crippen molar-refractivity contribution < 1.29 is 22.8 Å². The van der Waals surface area contributed by atoms with E-state index in [9.17, 15) is 4.79 Å². The molecule has 0 unspecified atom stereocenters. The number of hydrogen-bond donors (Lipinski definition) is 1. The molecule has 0 radical (unpaired) electrons. The van der Waals surface area contributed by atoms with Gasteiger partial charge in [-0.15, -0.1) is 0 Å². The van der Waals surface area contributed by atoms with Crippen molar-refractivity contribution in [3.8, 4) is 0 Å². The van der Waals surface area contributed by atoms with E-state index in [2.05, 4.69) is 94.2 Å². The molecule has 1 fully saturated rings. The molecule has 2 aromatic heterocycles. The van der Waals surface area contributed by atoms with Crippen molar-refractivity contribution in [2.24, 2.45) is 5.92 Å². The predicted octanol–water partition coefficient (Wildman–Crippen LogP) is 7.08. The summed E-state index contributed by atoms with van der Waals surface area (Å²) in [5.74, 6) is 0.0800. The maximum Gasteiger partial charge on any atom is 0.261 e. The lowest BCUT2D eigenvalue weighted by Gasteiger charge is -2.46. The molecule has 3 heterocycles. The van der Waals surface area contributed by atoms with Crippen LogP contribution in [0, 0.1) is 5.92 Å². The summed E-state index contributed by atoms with van der Waals surface area (Å²) in [6, 6.07) is 20.8. The number of ether oxygens (including phenoxy) is 1. The number of imidazole rings is 1. The fraction of sp³-hybridized carbons (Fsp3) is 0.538. The second kappa shape index (κ2) is 14.4. The number of nitrogens with one attached hydrogen (secondary N) is 1. The first-order chi connectivity index (χ1) is 24.1. The minimum absolute atomic E-state index is 0.0801. The van der Waals surface area contributed by atoms with Gasteiger partial charge >= 0.3 is 0 Å². The van der Waals surface area contributed by atoms with E-state index < -0.39 is 40.7 Å². The van der Waals surface area contributed by atoms with E-state index in [1.54, 1.807) is 23.3 Å². The number of alkyl halides is 1. The fourth-order valence-corrected chi connectivity index (χ4v) is 12.7. The van der Waals surface area contributed by atoms with E-state index in [4.69, 9.17) is 18.6 Å². The van der Waals surface area contributed by atoms with Gasteiger partial charge in [0.2, 0.25) is 11.9 Å². The zero-order chi connectivity index (χ0) is 38.4. The molecule has 5 rings (SSSR count). The van der Waals surface area contributed by atoms with Gasteiger partial charge in [-0.25, -0.2) is 9.37 Å². The maximum absolute atomic E-state index is 17.5. The molecule has 1 aliphatic heterocycles.